The molecule has 1 amide bonds. The van der Waals surface area contributed by atoms with Gasteiger partial charge in [0.05, 0.1) is 17.1 Å². The quantitative estimate of drug-likeness (QED) is 0.667. The zero-order valence-corrected chi connectivity index (χ0v) is 17.0. The molecule has 158 valence electrons. The summed E-state index contributed by atoms with van der Waals surface area (Å²) in [5.41, 5.74) is 0.273. The first-order chi connectivity index (χ1) is 13.9. The molecule has 0 bridgehead atoms. The lowest BCUT2D eigenvalue weighted by Gasteiger charge is -2.38. The third kappa shape index (κ3) is 4.49. The van der Waals surface area contributed by atoms with Crippen LogP contribution >= 0.6 is 0 Å². The van der Waals surface area contributed by atoms with Crippen LogP contribution in [0.3, 0.4) is 0 Å². The van der Waals surface area contributed by atoms with E-state index in [9.17, 15) is 18.0 Å². The molecule has 0 unspecified atom stereocenters. The standard InChI is InChI=1S/C20H25NO7S/c22-19(11-26-20(23)14-6-7-17-18(10-14)28-13-27-17)21(15-4-2-1-3-5-15)16-8-9-29(24,25)12-16/h6-7,10,15-16H,1-5,8-9,11-13H2/t16-/m1/s1. The van der Waals surface area contributed by atoms with Gasteiger partial charge in [0.2, 0.25) is 6.79 Å². The van der Waals surface area contributed by atoms with Gasteiger partial charge in [0, 0.05) is 12.1 Å². The maximum atomic E-state index is 13.0. The molecule has 0 N–H and O–H groups in total. The summed E-state index contributed by atoms with van der Waals surface area (Å²) in [4.78, 5) is 27.1. The molecule has 1 aromatic rings. The highest BCUT2D eigenvalue weighted by Gasteiger charge is 2.38. The Kier molecular flexibility index (Phi) is 5.67. The van der Waals surface area contributed by atoms with Gasteiger partial charge in [-0.1, -0.05) is 19.3 Å². The number of rotatable bonds is 5. The minimum Gasteiger partial charge on any atom is -0.454 e. The van der Waals surface area contributed by atoms with Crippen LogP contribution in [0, 0.1) is 0 Å². The molecule has 2 aliphatic heterocycles. The monoisotopic (exact) mass is 423 g/mol. The van der Waals surface area contributed by atoms with Crippen molar-refractivity contribution >= 4 is 21.7 Å². The Bertz CT molecular complexity index is 892. The average Bonchev–Trinajstić information content (AvgIpc) is 3.32. The highest BCUT2D eigenvalue weighted by Crippen LogP contribution is 2.33. The van der Waals surface area contributed by atoms with Crippen molar-refractivity contribution in [3.8, 4) is 11.5 Å². The number of esters is 1. The first-order valence-electron chi connectivity index (χ1n) is 10.0. The molecule has 4 rings (SSSR count). The second kappa shape index (κ2) is 8.22. The Labute approximate surface area is 170 Å². The van der Waals surface area contributed by atoms with E-state index < -0.39 is 22.4 Å². The van der Waals surface area contributed by atoms with Crippen molar-refractivity contribution in [2.45, 2.75) is 50.6 Å². The number of carbonyl (C=O) groups is 2. The van der Waals surface area contributed by atoms with E-state index >= 15 is 0 Å². The molecule has 29 heavy (non-hydrogen) atoms. The first-order valence-corrected chi connectivity index (χ1v) is 11.8. The minimum atomic E-state index is -3.12. The fraction of sp³-hybridized carbons (Fsp3) is 0.600. The third-order valence-electron chi connectivity index (χ3n) is 5.79. The van der Waals surface area contributed by atoms with Crippen LogP contribution in [0.2, 0.25) is 0 Å². The average molecular weight is 423 g/mol. The Hall–Kier alpha value is -2.29. The number of nitrogens with zero attached hydrogens (tertiary/aromatic N) is 1. The molecule has 9 heteroatoms. The summed E-state index contributed by atoms with van der Waals surface area (Å²) in [6.07, 6.45) is 5.33. The van der Waals surface area contributed by atoms with E-state index in [4.69, 9.17) is 14.2 Å². The molecule has 2 fully saturated rings. The number of amides is 1. The third-order valence-corrected chi connectivity index (χ3v) is 7.54. The lowest BCUT2D eigenvalue weighted by molar-refractivity contribution is -0.140. The number of fused-ring (bicyclic) bond motifs is 1. The van der Waals surface area contributed by atoms with Crippen LogP contribution in [0.25, 0.3) is 0 Å². The summed E-state index contributed by atoms with van der Waals surface area (Å²) < 4.78 is 39.6. The van der Waals surface area contributed by atoms with Gasteiger partial charge < -0.3 is 19.1 Å². The summed E-state index contributed by atoms with van der Waals surface area (Å²) in [6, 6.07) is 4.39. The highest BCUT2D eigenvalue weighted by molar-refractivity contribution is 7.91. The van der Waals surface area contributed by atoms with E-state index in [0.717, 1.165) is 32.1 Å². The van der Waals surface area contributed by atoms with Crippen LogP contribution in [0.4, 0.5) is 0 Å². The predicted octanol–water partition coefficient (Wildman–Crippen LogP) is 1.92. The fourth-order valence-electron chi connectivity index (χ4n) is 4.37. The molecule has 0 spiro atoms. The highest BCUT2D eigenvalue weighted by atomic mass is 32.2. The summed E-state index contributed by atoms with van der Waals surface area (Å²) in [7, 11) is -3.12. The molecule has 0 radical (unpaired) electrons. The number of hydrogen-bond donors (Lipinski definition) is 0. The Morgan fingerprint density at radius 3 is 2.52 bits per heavy atom. The van der Waals surface area contributed by atoms with E-state index in [1.165, 1.54) is 6.07 Å². The lowest BCUT2D eigenvalue weighted by Crippen LogP contribution is -2.50. The van der Waals surface area contributed by atoms with Crippen molar-refractivity contribution in [1.82, 2.24) is 4.90 Å². The van der Waals surface area contributed by atoms with E-state index in [0.29, 0.717) is 17.9 Å². The molecule has 1 aromatic carbocycles. The molecular formula is C20H25NO7S. The maximum Gasteiger partial charge on any atom is 0.338 e. The van der Waals surface area contributed by atoms with Gasteiger partial charge >= 0.3 is 5.97 Å². The molecule has 1 aliphatic carbocycles. The smallest absolute Gasteiger partial charge is 0.338 e. The molecule has 1 saturated carbocycles. The Balaban J connectivity index is 1.42. The number of benzene rings is 1. The van der Waals surface area contributed by atoms with E-state index in [-0.39, 0.29) is 41.9 Å². The zero-order valence-electron chi connectivity index (χ0n) is 16.2. The van der Waals surface area contributed by atoms with Crippen LogP contribution in [0.1, 0.15) is 48.9 Å². The Morgan fingerprint density at radius 1 is 1.03 bits per heavy atom. The fourth-order valence-corrected chi connectivity index (χ4v) is 6.08. The largest absolute Gasteiger partial charge is 0.454 e. The van der Waals surface area contributed by atoms with Gasteiger partial charge in [0.15, 0.2) is 27.9 Å². The van der Waals surface area contributed by atoms with Crippen LogP contribution in [-0.4, -0.2) is 62.2 Å². The zero-order chi connectivity index (χ0) is 20.4. The van der Waals surface area contributed by atoms with Crippen molar-refractivity contribution in [2.24, 2.45) is 0 Å². The summed E-state index contributed by atoms with van der Waals surface area (Å²) >= 11 is 0. The summed E-state index contributed by atoms with van der Waals surface area (Å²) in [5, 5.41) is 0. The summed E-state index contributed by atoms with van der Waals surface area (Å²) in [6.45, 7) is -0.298. The topological polar surface area (TPSA) is 99.2 Å². The van der Waals surface area contributed by atoms with Crippen molar-refractivity contribution in [1.29, 1.82) is 0 Å². The van der Waals surface area contributed by atoms with Gasteiger partial charge in [0.1, 0.15) is 0 Å². The normalized spacial score (nSPS) is 23.0. The van der Waals surface area contributed by atoms with E-state index in [2.05, 4.69) is 0 Å². The molecule has 0 aromatic heterocycles. The van der Waals surface area contributed by atoms with Gasteiger partial charge in [-0.2, -0.15) is 0 Å². The SMILES string of the molecule is O=C(OCC(=O)N(C1CCCCC1)[C@@H]1CCS(=O)(=O)C1)c1ccc2c(c1)OCO2. The van der Waals surface area contributed by atoms with Crippen molar-refractivity contribution in [2.75, 3.05) is 24.9 Å². The molecule has 1 saturated heterocycles. The lowest BCUT2D eigenvalue weighted by atomic mass is 9.93. The van der Waals surface area contributed by atoms with Crippen molar-refractivity contribution in [3.63, 3.8) is 0 Å². The Morgan fingerprint density at radius 2 is 1.79 bits per heavy atom. The summed E-state index contributed by atoms with van der Waals surface area (Å²) in [5.74, 6) is 0.165. The number of ether oxygens (including phenoxy) is 3. The van der Waals surface area contributed by atoms with Gasteiger partial charge in [-0.05, 0) is 37.5 Å². The second-order valence-electron chi connectivity index (χ2n) is 7.79. The van der Waals surface area contributed by atoms with E-state index in [1.807, 2.05) is 0 Å². The maximum absolute atomic E-state index is 13.0. The van der Waals surface area contributed by atoms with Gasteiger partial charge in [0.25, 0.3) is 5.91 Å². The molecule has 3 aliphatic rings. The number of sulfone groups is 1. The van der Waals surface area contributed by atoms with Crippen LogP contribution in [0.15, 0.2) is 18.2 Å². The van der Waals surface area contributed by atoms with Gasteiger partial charge in [-0.3, -0.25) is 4.79 Å². The van der Waals surface area contributed by atoms with Crippen molar-refractivity contribution < 1.29 is 32.2 Å². The molecule has 8 nitrogen and oxygen atoms in total. The number of carbonyl (C=O) groups excluding carboxylic acids is 2. The molecule has 2 heterocycles. The predicted molar refractivity (Wildman–Crippen MR) is 104 cm³/mol. The van der Waals surface area contributed by atoms with E-state index in [1.54, 1.807) is 17.0 Å². The van der Waals surface area contributed by atoms with Crippen LogP contribution in [0.5, 0.6) is 11.5 Å². The first kappa shape index (κ1) is 20.0. The second-order valence-corrected chi connectivity index (χ2v) is 10.0. The van der Waals surface area contributed by atoms with Gasteiger partial charge in [-0.25, -0.2) is 13.2 Å². The molecular weight excluding hydrogens is 398 g/mol. The van der Waals surface area contributed by atoms with Crippen LogP contribution in [-0.2, 0) is 19.4 Å². The van der Waals surface area contributed by atoms with Crippen LogP contribution < -0.4 is 9.47 Å². The molecule has 1 atom stereocenters. The van der Waals surface area contributed by atoms with Gasteiger partial charge in [-0.15, -0.1) is 0 Å². The van der Waals surface area contributed by atoms with Crippen molar-refractivity contribution in [3.05, 3.63) is 23.8 Å². The number of hydrogen-bond acceptors (Lipinski definition) is 7. The minimum absolute atomic E-state index is 0.00858.